The highest BCUT2D eigenvalue weighted by molar-refractivity contribution is 5.80. The van der Waals surface area contributed by atoms with Crippen molar-refractivity contribution in [3.63, 3.8) is 0 Å². The van der Waals surface area contributed by atoms with E-state index >= 15 is 0 Å². The van der Waals surface area contributed by atoms with Crippen LogP contribution in [0.5, 0.6) is 0 Å². The lowest BCUT2D eigenvalue weighted by Gasteiger charge is -2.10. The fraction of sp³-hybridized carbons (Fsp3) is 0.125. The summed E-state index contributed by atoms with van der Waals surface area (Å²) in [6.45, 7) is -0.169. The predicted octanol–water partition coefficient (Wildman–Crippen LogP) is 3.12. The minimum atomic E-state index is -4.84. The lowest BCUT2D eigenvalue weighted by Crippen LogP contribution is -2.22. The van der Waals surface area contributed by atoms with Crippen LogP contribution in [0.4, 0.5) is 17.6 Å². The van der Waals surface area contributed by atoms with Crippen molar-refractivity contribution in [1.82, 2.24) is 8.97 Å². The largest absolute Gasteiger partial charge is 0.419 e. The minimum absolute atomic E-state index is 0.0622. The Hall–Kier alpha value is -2.90. The van der Waals surface area contributed by atoms with E-state index in [4.69, 9.17) is 0 Å². The minimum Gasteiger partial charge on any atom is -0.317 e. The number of carbonyl (C=O) groups is 1. The number of benzene rings is 1. The average Bonchev–Trinajstić information content (AvgIpc) is 2.94. The lowest BCUT2D eigenvalue weighted by atomic mass is 10.0. The summed E-state index contributed by atoms with van der Waals surface area (Å²) in [5.74, 6) is -1.38. The monoisotopic (exact) mass is 338 g/mol. The van der Waals surface area contributed by atoms with Gasteiger partial charge in [0.15, 0.2) is 0 Å². The van der Waals surface area contributed by atoms with Crippen LogP contribution in [-0.2, 0) is 17.5 Å². The van der Waals surface area contributed by atoms with Gasteiger partial charge in [-0.2, -0.15) is 13.2 Å². The Morgan fingerprint density at radius 1 is 1.08 bits per heavy atom. The number of halogens is 4. The van der Waals surface area contributed by atoms with Crippen molar-refractivity contribution >= 4 is 11.8 Å². The highest BCUT2D eigenvalue weighted by atomic mass is 19.4. The normalized spacial score (nSPS) is 11.8. The van der Waals surface area contributed by atoms with Crippen LogP contribution in [0.15, 0.2) is 47.7 Å². The number of nitrogens with zero attached hydrogens (tertiary/aromatic N) is 2. The molecule has 0 radical (unpaired) electrons. The van der Waals surface area contributed by atoms with E-state index < -0.39 is 23.1 Å². The van der Waals surface area contributed by atoms with Crippen LogP contribution in [0.2, 0.25) is 0 Å². The number of carbonyl (C=O) groups excluding carboxylic acids is 1. The van der Waals surface area contributed by atoms with E-state index in [0.29, 0.717) is 18.4 Å². The second-order valence-electron chi connectivity index (χ2n) is 5.10. The van der Waals surface area contributed by atoms with Crippen LogP contribution in [0.1, 0.15) is 5.56 Å². The molecule has 0 aliphatic carbocycles. The fourth-order valence-corrected chi connectivity index (χ4v) is 2.52. The summed E-state index contributed by atoms with van der Waals surface area (Å²) in [6, 6.07) is 4.03. The van der Waals surface area contributed by atoms with Crippen LogP contribution in [-0.4, -0.2) is 15.3 Å². The molecule has 0 unspecified atom stereocenters. The zero-order chi connectivity index (χ0) is 17.5. The van der Waals surface area contributed by atoms with Gasteiger partial charge in [-0.05, 0) is 23.8 Å². The Morgan fingerprint density at radius 2 is 1.83 bits per heavy atom. The lowest BCUT2D eigenvalue weighted by molar-refractivity contribution is -0.139. The molecule has 0 spiro atoms. The first-order valence-corrected chi connectivity index (χ1v) is 6.84. The van der Waals surface area contributed by atoms with Gasteiger partial charge in [-0.25, -0.2) is 4.39 Å². The first-order valence-electron chi connectivity index (χ1n) is 6.84. The van der Waals surface area contributed by atoms with Gasteiger partial charge in [0.1, 0.15) is 17.6 Å². The van der Waals surface area contributed by atoms with Gasteiger partial charge >= 0.3 is 6.18 Å². The zero-order valence-corrected chi connectivity index (χ0v) is 12.0. The van der Waals surface area contributed by atoms with E-state index in [0.717, 1.165) is 4.57 Å². The molecule has 0 fully saturated rings. The smallest absolute Gasteiger partial charge is 0.317 e. The van der Waals surface area contributed by atoms with Gasteiger partial charge < -0.3 is 13.8 Å². The SMILES string of the molecule is O=CCn1ccn2ccc(-c3ccc(F)c(C(F)(F)F)c3)c2c1=O. The molecule has 8 heteroatoms. The molecule has 0 saturated carbocycles. The molecule has 0 bridgehead atoms. The molecule has 2 aromatic heterocycles. The van der Waals surface area contributed by atoms with Crippen molar-refractivity contribution < 1.29 is 22.4 Å². The predicted molar refractivity (Wildman–Crippen MR) is 78.1 cm³/mol. The summed E-state index contributed by atoms with van der Waals surface area (Å²) in [6.07, 6.45) is 0.124. The molecular weight excluding hydrogens is 328 g/mol. The summed E-state index contributed by atoms with van der Waals surface area (Å²) < 4.78 is 54.6. The van der Waals surface area contributed by atoms with Gasteiger partial charge in [0, 0.05) is 24.2 Å². The molecule has 1 aromatic carbocycles. The van der Waals surface area contributed by atoms with Crippen LogP contribution in [0, 0.1) is 5.82 Å². The molecular formula is C16H10F4N2O2. The quantitative estimate of drug-likeness (QED) is 0.544. The maximum absolute atomic E-state index is 13.4. The Morgan fingerprint density at radius 3 is 2.50 bits per heavy atom. The van der Waals surface area contributed by atoms with E-state index in [-0.39, 0.29) is 23.2 Å². The third-order valence-electron chi connectivity index (χ3n) is 3.64. The molecule has 24 heavy (non-hydrogen) atoms. The van der Waals surface area contributed by atoms with Crippen molar-refractivity contribution in [2.75, 3.05) is 0 Å². The molecule has 3 aromatic rings. The highest BCUT2D eigenvalue weighted by Gasteiger charge is 2.34. The molecule has 0 aliphatic heterocycles. The molecule has 0 N–H and O–H groups in total. The Labute approximate surface area is 132 Å². The van der Waals surface area contributed by atoms with Gasteiger partial charge in [-0.1, -0.05) is 6.07 Å². The standard InChI is InChI=1S/C16H10F4N2O2/c17-13-2-1-10(9-12(13)16(18,19)20)11-3-4-21-5-6-22(7-8-23)15(24)14(11)21/h1-6,8-9H,7H2. The molecule has 0 amide bonds. The van der Waals surface area contributed by atoms with Crippen molar-refractivity contribution in [3.05, 3.63) is 64.6 Å². The van der Waals surface area contributed by atoms with Crippen molar-refractivity contribution in [2.24, 2.45) is 0 Å². The molecule has 0 saturated heterocycles. The fourth-order valence-electron chi connectivity index (χ4n) is 2.52. The van der Waals surface area contributed by atoms with E-state index in [1.807, 2.05) is 0 Å². The number of rotatable bonds is 3. The molecule has 2 heterocycles. The van der Waals surface area contributed by atoms with E-state index in [1.165, 1.54) is 35.1 Å². The summed E-state index contributed by atoms with van der Waals surface area (Å²) in [4.78, 5) is 23.0. The topological polar surface area (TPSA) is 43.5 Å². The van der Waals surface area contributed by atoms with Gasteiger partial charge in [-0.15, -0.1) is 0 Å². The van der Waals surface area contributed by atoms with Gasteiger partial charge in [0.2, 0.25) is 0 Å². The van der Waals surface area contributed by atoms with Gasteiger partial charge in [0.05, 0.1) is 12.1 Å². The number of fused-ring (bicyclic) bond motifs is 1. The van der Waals surface area contributed by atoms with Crippen LogP contribution >= 0.6 is 0 Å². The number of alkyl halides is 3. The number of aromatic nitrogens is 2. The number of hydrogen-bond acceptors (Lipinski definition) is 2. The number of aldehydes is 1. The van der Waals surface area contributed by atoms with E-state index in [1.54, 1.807) is 0 Å². The van der Waals surface area contributed by atoms with Crippen LogP contribution in [0.3, 0.4) is 0 Å². The van der Waals surface area contributed by atoms with Crippen LogP contribution in [0.25, 0.3) is 16.6 Å². The second-order valence-corrected chi connectivity index (χ2v) is 5.10. The molecule has 3 rings (SSSR count). The molecule has 124 valence electrons. The summed E-state index contributed by atoms with van der Waals surface area (Å²) in [7, 11) is 0. The van der Waals surface area contributed by atoms with E-state index in [2.05, 4.69) is 0 Å². The Balaban J connectivity index is 2.26. The summed E-state index contributed by atoms with van der Waals surface area (Å²) >= 11 is 0. The van der Waals surface area contributed by atoms with Crippen molar-refractivity contribution in [1.29, 1.82) is 0 Å². The molecule has 0 aliphatic rings. The number of hydrogen-bond donors (Lipinski definition) is 0. The average molecular weight is 338 g/mol. The molecule has 0 atom stereocenters. The summed E-state index contributed by atoms with van der Waals surface area (Å²) in [5, 5.41) is 0. The van der Waals surface area contributed by atoms with Crippen molar-refractivity contribution in [2.45, 2.75) is 12.7 Å². The second kappa shape index (κ2) is 5.63. The zero-order valence-electron chi connectivity index (χ0n) is 12.0. The third kappa shape index (κ3) is 2.60. The first-order chi connectivity index (χ1) is 11.3. The van der Waals surface area contributed by atoms with Crippen LogP contribution < -0.4 is 5.56 Å². The highest BCUT2D eigenvalue weighted by Crippen LogP contribution is 2.35. The van der Waals surface area contributed by atoms with Gasteiger partial charge in [0.25, 0.3) is 5.56 Å². The Bertz CT molecular complexity index is 986. The van der Waals surface area contributed by atoms with Gasteiger partial charge in [-0.3, -0.25) is 4.79 Å². The maximum Gasteiger partial charge on any atom is 0.419 e. The van der Waals surface area contributed by atoms with Crippen molar-refractivity contribution in [3.8, 4) is 11.1 Å². The first kappa shape index (κ1) is 16.0. The maximum atomic E-state index is 13.4. The van der Waals surface area contributed by atoms with E-state index in [9.17, 15) is 27.2 Å². The Kier molecular flexibility index (Phi) is 3.75. The third-order valence-corrected chi connectivity index (χ3v) is 3.64. The summed E-state index contributed by atoms with van der Waals surface area (Å²) in [5.41, 5.74) is -1.53. The molecule has 4 nitrogen and oxygen atoms in total.